The smallest absolute Gasteiger partial charge is 0.166 e. The molecule has 3 heteroatoms. The Morgan fingerprint density at radius 3 is 2.81 bits per heavy atom. The van der Waals surface area contributed by atoms with Crippen LogP contribution in [0.5, 0.6) is 0 Å². The van der Waals surface area contributed by atoms with Crippen LogP contribution in [0.25, 0.3) is 10.9 Å². The van der Waals surface area contributed by atoms with Crippen LogP contribution in [0.2, 0.25) is 5.02 Å². The second kappa shape index (κ2) is 3.36. The van der Waals surface area contributed by atoms with Crippen LogP contribution < -0.4 is 0 Å². The molecule has 1 aromatic carbocycles. The molecule has 1 aliphatic carbocycles. The van der Waals surface area contributed by atoms with E-state index in [4.69, 9.17) is 11.6 Å². The topological polar surface area (TPSA) is 22.0 Å². The first-order valence-corrected chi connectivity index (χ1v) is 5.83. The number of halogens is 1. The Hall–Kier alpha value is -1.28. The number of rotatable bonds is 2. The van der Waals surface area contributed by atoms with Gasteiger partial charge in [0, 0.05) is 12.4 Å². The number of benzene rings is 1. The van der Waals surface area contributed by atoms with E-state index in [1.54, 1.807) is 0 Å². The van der Waals surface area contributed by atoms with E-state index in [2.05, 4.69) is 6.07 Å². The van der Waals surface area contributed by atoms with Crippen LogP contribution in [0, 0.1) is 0 Å². The van der Waals surface area contributed by atoms with Gasteiger partial charge in [0.25, 0.3) is 0 Å². The third-order valence-corrected chi connectivity index (χ3v) is 3.65. The van der Waals surface area contributed by atoms with Crippen molar-refractivity contribution >= 4 is 28.8 Å². The first kappa shape index (κ1) is 9.91. The van der Waals surface area contributed by atoms with E-state index in [1.165, 1.54) is 18.4 Å². The van der Waals surface area contributed by atoms with E-state index in [1.807, 2.05) is 23.7 Å². The number of aromatic nitrogens is 1. The average Bonchev–Trinajstić information content (AvgIpc) is 3.05. The molecule has 0 amide bonds. The van der Waals surface area contributed by atoms with Gasteiger partial charge < -0.3 is 4.57 Å². The number of hydrogen-bond acceptors (Lipinski definition) is 1. The van der Waals surface area contributed by atoms with E-state index >= 15 is 0 Å². The maximum atomic E-state index is 11.2. The number of nitrogens with zero attached hydrogens (tertiary/aromatic N) is 1. The molecule has 0 aliphatic heterocycles. The van der Waals surface area contributed by atoms with Crippen molar-refractivity contribution in [2.45, 2.75) is 18.8 Å². The summed E-state index contributed by atoms with van der Waals surface area (Å²) in [7, 11) is 1.91. The summed E-state index contributed by atoms with van der Waals surface area (Å²) in [5.41, 5.74) is 2.95. The highest BCUT2D eigenvalue weighted by Crippen LogP contribution is 2.46. The lowest BCUT2D eigenvalue weighted by atomic mass is 10.1. The second-order valence-electron chi connectivity index (χ2n) is 4.39. The molecule has 0 atom stereocenters. The normalized spacial score (nSPS) is 15.6. The summed E-state index contributed by atoms with van der Waals surface area (Å²) < 4.78 is 1.92. The lowest BCUT2D eigenvalue weighted by Gasteiger charge is -1.99. The highest BCUT2D eigenvalue weighted by molar-refractivity contribution is 6.35. The van der Waals surface area contributed by atoms with Gasteiger partial charge in [-0.1, -0.05) is 23.7 Å². The van der Waals surface area contributed by atoms with Gasteiger partial charge in [0.15, 0.2) is 6.29 Å². The van der Waals surface area contributed by atoms with Crippen LogP contribution in [-0.2, 0) is 7.05 Å². The minimum absolute atomic E-state index is 0.558. The molecular formula is C13H12ClNO. The fraction of sp³-hybridized carbons (Fsp3) is 0.308. The molecule has 16 heavy (non-hydrogen) atoms. The minimum Gasteiger partial charge on any atom is -0.340 e. The Morgan fingerprint density at radius 2 is 2.19 bits per heavy atom. The molecule has 0 spiro atoms. The molecule has 1 fully saturated rings. The minimum atomic E-state index is 0.558. The van der Waals surface area contributed by atoms with Gasteiger partial charge >= 0.3 is 0 Å². The molecule has 82 valence electrons. The highest BCUT2D eigenvalue weighted by Gasteiger charge is 2.30. The van der Waals surface area contributed by atoms with Crippen LogP contribution in [-0.4, -0.2) is 10.9 Å². The van der Waals surface area contributed by atoms with Crippen LogP contribution in [0.4, 0.5) is 0 Å². The predicted octanol–water partition coefficient (Wildman–Crippen LogP) is 3.52. The number of aryl methyl sites for hydroxylation is 1. The first-order valence-electron chi connectivity index (χ1n) is 5.46. The third kappa shape index (κ3) is 1.23. The molecule has 1 heterocycles. The Bertz CT molecular complexity index is 581. The van der Waals surface area contributed by atoms with Gasteiger partial charge in [0.1, 0.15) is 0 Å². The number of fused-ring (bicyclic) bond motifs is 1. The monoisotopic (exact) mass is 233 g/mol. The van der Waals surface area contributed by atoms with Crippen molar-refractivity contribution in [3.8, 4) is 0 Å². The fourth-order valence-corrected chi connectivity index (χ4v) is 2.76. The summed E-state index contributed by atoms with van der Waals surface area (Å²) in [6, 6.07) is 5.88. The number of hydrogen-bond donors (Lipinski definition) is 0. The van der Waals surface area contributed by atoms with Crippen LogP contribution >= 0.6 is 11.6 Å². The molecule has 1 saturated carbocycles. The maximum absolute atomic E-state index is 11.2. The summed E-state index contributed by atoms with van der Waals surface area (Å²) in [4.78, 5) is 11.2. The van der Waals surface area contributed by atoms with E-state index in [9.17, 15) is 4.79 Å². The zero-order valence-electron chi connectivity index (χ0n) is 9.03. The zero-order valence-corrected chi connectivity index (χ0v) is 9.79. The van der Waals surface area contributed by atoms with E-state index in [-0.39, 0.29) is 0 Å². The average molecular weight is 234 g/mol. The van der Waals surface area contributed by atoms with E-state index in [0.29, 0.717) is 5.92 Å². The van der Waals surface area contributed by atoms with Gasteiger partial charge in [-0.25, -0.2) is 0 Å². The summed E-state index contributed by atoms with van der Waals surface area (Å²) in [6.07, 6.45) is 3.32. The number of carbonyl (C=O) groups excluding carboxylic acids is 1. The van der Waals surface area contributed by atoms with Crippen LogP contribution in [0.15, 0.2) is 18.2 Å². The third-order valence-electron chi connectivity index (χ3n) is 3.35. The van der Waals surface area contributed by atoms with Crippen molar-refractivity contribution in [2.24, 2.45) is 7.05 Å². The second-order valence-corrected chi connectivity index (χ2v) is 4.79. The van der Waals surface area contributed by atoms with Gasteiger partial charge in [0.2, 0.25) is 0 Å². The quantitative estimate of drug-likeness (QED) is 0.728. The van der Waals surface area contributed by atoms with E-state index in [0.717, 1.165) is 27.9 Å². The van der Waals surface area contributed by atoms with Crippen molar-refractivity contribution in [2.75, 3.05) is 0 Å². The highest BCUT2D eigenvalue weighted by atomic mass is 35.5. The Labute approximate surface area is 98.8 Å². The van der Waals surface area contributed by atoms with Gasteiger partial charge in [-0.15, -0.1) is 0 Å². The molecule has 0 bridgehead atoms. The van der Waals surface area contributed by atoms with E-state index < -0.39 is 0 Å². The van der Waals surface area contributed by atoms with Crippen molar-refractivity contribution in [3.63, 3.8) is 0 Å². The Balaban J connectivity index is 2.45. The van der Waals surface area contributed by atoms with Crippen LogP contribution in [0.3, 0.4) is 0 Å². The molecular weight excluding hydrogens is 222 g/mol. The molecule has 2 aromatic rings. The van der Waals surface area contributed by atoms with Gasteiger partial charge in [0.05, 0.1) is 16.2 Å². The van der Waals surface area contributed by atoms with Crippen molar-refractivity contribution in [1.82, 2.24) is 4.57 Å². The Morgan fingerprint density at radius 1 is 1.44 bits per heavy atom. The first-order chi connectivity index (χ1) is 7.74. The number of aldehydes is 1. The summed E-state index contributed by atoms with van der Waals surface area (Å²) in [5, 5.41) is 1.86. The predicted molar refractivity (Wildman–Crippen MR) is 65.3 cm³/mol. The molecule has 0 radical (unpaired) electrons. The zero-order chi connectivity index (χ0) is 11.3. The van der Waals surface area contributed by atoms with Gasteiger partial charge in [-0.05, 0) is 30.4 Å². The molecule has 2 nitrogen and oxygen atoms in total. The summed E-state index contributed by atoms with van der Waals surface area (Å²) in [5.74, 6) is 0.558. The number of carbonyl (C=O) groups is 1. The molecule has 1 aromatic heterocycles. The summed E-state index contributed by atoms with van der Waals surface area (Å²) >= 11 is 6.19. The van der Waals surface area contributed by atoms with Crippen LogP contribution in [0.1, 0.15) is 34.8 Å². The fourth-order valence-electron chi connectivity index (χ4n) is 2.46. The molecule has 0 N–H and O–H groups in total. The molecule has 0 unspecified atom stereocenters. The van der Waals surface area contributed by atoms with Crippen molar-refractivity contribution in [1.29, 1.82) is 0 Å². The molecule has 0 saturated heterocycles. The standard InChI is InChI=1S/C13H12ClNO/c1-15-11(7-16)12(8-5-6-8)9-3-2-4-10(14)13(9)15/h2-4,7-8H,5-6H2,1H3. The lowest BCUT2D eigenvalue weighted by molar-refractivity contribution is 0.111. The van der Waals surface area contributed by atoms with Crippen molar-refractivity contribution < 1.29 is 4.79 Å². The Kier molecular flexibility index (Phi) is 2.08. The largest absolute Gasteiger partial charge is 0.340 e. The van der Waals surface area contributed by atoms with Crippen molar-refractivity contribution in [3.05, 3.63) is 34.5 Å². The summed E-state index contributed by atoms with van der Waals surface area (Å²) in [6.45, 7) is 0. The molecule has 1 aliphatic rings. The van der Waals surface area contributed by atoms with Gasteiger partial charge in [-0.3, -0.25) is 4.79 Å². The number of para-hydroxylation sites is 1. The lowest BCUT2D eigenvalue weighted by Crippen LogP contribution is -1.96. The SMILES string of the molecule is Cn1c(C=O)c(C2CC2)c2cccc(Cl)c21. The van der Waals surface area contributed by atoms with Gasteiger partial charge in [-0.2, -0.15) is 0 Å². The molecule has 3 rings (SSSR count). The maximum Gasteiger partial charge on any atom is 0.166 e.